The average Bonchev–Trinajstić information content (AvgIpc) is 4.07. The molecule has 2 aromatic rings. The van der Waals surface area contributed by atoms with Crippen LogP contribution in [0.4, 0.5) is 4.79 Å². The van der Waals surface area contributed by atoms with E-state index in [4.69, 9.17) is 19.2 Å². The lowest BCUT2D eigenvalue weighted by Crippen LogP contribution is -2.68. The fourth-order valence-electron chi connectivity index (χ4n) is 9.08. The molecule has 6 aliphatic rings. The summed E-state index contributed by atoms with van der Waals surface area (Å²) in [5.74, 6) is -1.18. The largest absolute Gasteiger partial charge is 0.497 e. The van der Waals surface area contributed by atoms with Crippen molar-refractivity contribution in [1.29, 1.82) is 0 Å². The predicted octanol–water partition coefficient (Wildman–Crippen LogP) is 4.78. The van der Waals surface area contributed by atoms with E-state index in [0.29, 0.717) is 43.6 Å². The molecule has 1 aromatic carbocycles. The van der Waals surface area contributed by atoms with Gasteiger partial charge in [-0.25, -0.2) is 18.2 Å². The van der Waals surface area contributed by atoms with E-state index < -0.39 is 73.1 Å². The van der Waals surface area contributed by atoms with Gasteiger partial charge in [0, 0.05) is 23.3 Å². The second-order valence-electron chi connectivity index (χ2n) is 18.6. The smallest absolute Gasteiger partial charge is 0.408 e. The quantitative estimate of drug-likeness (QED) is 0.329. The highest BCUT2D eigenvalue weighted by molar-refractivity contribution is 7.91. The SMILES string of the molecule is C=CC1C=CC1(NC(=O)C1CC23CCc4c(c(nc5ccc(OC)cc45)CCCCCC4CC4OC(=O)NC(C(C)(C)C)C(=O)N1C2)O3)C(=O)NS(=O)(=O)C1(C)CC1. The number of sulfonamides is 1. The molecule has 312 valence electrons. The van der Waals surface area contributed by atoms with Crippen molar-refractivity contribution < 1.29 is 41.8 Å². The monoisotopic (exact) mass is 817 g/mol. The number of nitrogens with zero attached hydrogens (tertiary/aromatic N) is 2. The highest BCUT2D eigenvalue weighted by atomic mass is 32.2. The Balaban J connectivity index is 1.18. The van der Waals surface area contributed by atoms with Crippen LogP contribution >= 0.6 is 0 Å². The molecule has 2 saturated carbocycles. The van der Waals surface area contributed by atoms with Gasteiger partial charge < -0.3 is 29.7 Å². The molecule has 4 heterocycles. The van der Waals surface area contributed by atoms with Crippen LogP contribution in [0.25, 0.3) is 10.9 Å². The third-order valence-electron chi connectivity index (χ3n) is 13.3. The number of hydrogen-bond donors (Lipinski definition) is 3. The normalized spacial score (nSPS) is 31.5. The van der Waals surface area contributed by atoms with Crippen molar-refractivity contribution >= 4 is 44.7 Å². The van der Waals surface area contributed by atoms with Crippen molar-refractivity contribution in [2.45, 2.75) is 132 Å². The number of alkyl carbamates (subject to hydrolysis) is 1. The number of hydrogen-bond acceptors (Lipinski definition) is 10. The number of carbonyl (C=O) groups excluding carboxylic acids is 4. The summed E-state index contributed by atoms with van der Waals surface area (Å²) in [6.07, 6.45) is 10.8. The van der Waals surface area contributed by atoms with Crippen LogP contribution in [0, 0.1) is 17.3 Å². The molecule has 3 aliphatic heterocycles. The number of fused-ring (bicyclic) bond motifs is 4. The lowest BCUT2D eigenvalue weighted by Gasteiger charge is -2.42. The van der Waals surface area contributed by atoms with Crippen molar-refractivity contribution in [3.63, 3.8) is 0 Å². The van der Waals surface area contributed by atoms with Crippen LogP contribution in [0.15, 0.2) is 43.0 Å². The first kappa shape index (κ1) is 40.1. The van der Waals surface area contributed by atoms with E-state index in [9.17, 15) is 27.6 Å². The van der Waals surface area contributed by atoms with Crippen molar-refractivity contribution in [2.75, 3.05) is 13.7 Å². The number of nitrogens with one attached hydrogen (secondary N) is 3. The lowest BCUT2D eigenvalue weighted by molar-refractivity contribution is -0.143. The van der Waals surface area contributed by atoms with Crippen molar-refractivity contribution in [3.8, 4) is 11.5 Å². The zero-order valence-electron chi connectivity index (χ0n) is 34.0. The Hall–Kier alpha value is -4.66. The topological polar surface area (TPSA) is 182 Å². The maximum absolute atomic E-state index is 15.0. The third kappa shape index (κ3) is 7.10. The lowest BCUT2D eigenvalue weighted by atomic mass is 9.73. The van der Waals surface area contributed by atoms with Crippen molar-refractivity contribution in [1.82, 2.24) is 25.2 Å². The Bertz CT molecular complexity index is 2210. The minimum Gasteiger partial charge on any atom is -0.497 e. The van der Waals surface area contributed by atoms with E-state index in [1.54, 1.807) is 20.1 Å². The minimum atomic E-state index is -4.05. The predicted molar refractivity (Wildman–Crippen MR) is 215 cm³/mol. The van der Waals surface area contributed by atoms with Crippen LogP contribution in [0.5, 0.6) is 11.5 Å². The Morgan fingerprint density at radius 2 is 1.90 bits per heavy atom. The number of ether oxygens (including phenoxy) is 3. The molecule has 14 nitrogen and oxygen atoms in total. The molecule has 4 amide bonds. The molecule has 15 heteroatoms. The molecule has 8 rings (SSSR count). The summed E-state index contributed by atoms with van der Waals surface area (Å²) in [5.41, 5.74) is -0.946. The summed E-state index contributed by atoms with van der Waals surface area (Å²) in [5, 5.41) is 6.64. The second kappa shape index (κ2) is 14.3. The highest BCUT2D eigenvalue weighted by Crippen LogP contribution is 2.47. The molecule has 58 heavy (non-hydrogen) atoms. The van der Waals surface area contributed by atoms with Gasteiger partial charge in [-0.15, -0.1) is 6.58 Å². The number of carbonyl (C=O) groups is 4. The van der Waals surface area contributed by atoms with E-state index in [2.05, 4.69) is 21.9 Å². The standard InChI is InChI=1S/C43H55N5O9S/c1-7-26-15-18-43(26,38(51)47-58(53,54)41(5)19-20-41)46-36(49)32-23-42-17-16-28-29-22-27(55-6)13-14-30(29)44-31(34(28)57-42)12-10-8-9-11-25-21-33(25)56-39(52)45-35(40(2,3)4)37(50)48(32)24-42/h7,13-15,18,22,25-26,32-33,35H,1,8-12,16-17,19-21,23-24H2,2-6H3,(H,45,52)(H,46,49)(H,47,51). The molecular formula is C43H55N5O9S. The van der Waals surface area contributed by atoms with Gasteiger partial charge in [-0.2, -0.15) is 0 Å². The number of amides is 4. The van der Waals surface area contributed by atoms with E-state index in [1.807, 2.05) is 39.0 Å². The van der Waals surface area contributed by atoms with E-state index in [0.717, 1.165) is 54.3 Å². The molecule has 3 bridgehead atoms. The van der Waals surface area contributed by atoms with Crippen molar-refractivity contribution in [2.24, 2.45) is 17.3 Å². The second-order valence-corrected chi connectivity index (χ2v) is 20.8. The first-order valence-electron chi connectivity index (χ1n) is 20.6. The van der Waals surface area contributed by atoms with Crippen LogP contribution in [0.3, 0.4) is 0 Å². The van der Waals surface area contributed by atoms with E-state index in [-0.39, 0.29) is 25.0 Å². The molecular weight excluding hydrogens is 763 g/mol. The van der Waals surface area contributed by atoms with Crippen LogP contribution in [0.1, 0.15) is 96.7 Å². The average molecular weight is 818 g/mol. The highest BCUT2D eigenvalue weighted by Gasteiger charge is 2.58. The summed E-state index contributed by atoms with van der Waals surface area (Å²) in [4.78, 5) is 63.7. The molecule has 0 radical (unpaired) electrons. The molecule has 3 N–H and O–H groups in total. The first-order chi connectivity index (χ1) is 27.4. The number of rotatable bonds is 7. The van der Waals surface area contributed by atoms with E-state index >= 15 is 0 Å². The number of benzene rings is 1. The van der Waals surface area contributed by atoms with Gasteiger partial charge >= 0.3 is 6.09 Å². The fourth-order valence-corrected chi connectivity index (χ4v) is 10.4. The van der Waals surface area contributed by atoms with Gasteiger partial charge in [-0.05, 0) is 87.8 Å². The van der Waals surface area contributed by atoms with Crippen molar-refractivity contribution in [3.05, 3.63) is 54.3 Å². The molecule has 1 saturated heterocycles. The zero-order valence-corrected chi connectivity index (χ0v) is 34.8. The zero-order chi connectivity index (χ0) is 41.4. The number of aryl methyl sites for hydroxylation is 2. The summed E-state index contributed by atoms with van der Waals surface area (Å²) >= 11 is 0. The maximum Gasteiger partial charge on any atom is 0.408 e. The Morgan fingerprint density at radius 3 is 2.57 bits per heavy atom. The first-order valence-corrected chi connectivity index (χ1v) is 22.1. The molecule has 7 atom stereocenters. The van der Waals surface area contributed by atoms with Gasteiger partial charge in [0.25, 0.3) is 5.91 Å². The van der Waals surface area contributed by atoms with Gasteiger partial charge in [0.1, 0.15) is 40.8 Å². The number of pyridine rings is 1. The van der Waals surface area contributed by atoms with Gasteiger partial charge in [0.15, 0.2) is 0 Å². The summed E-state index contributed by atoms with van der Waals surface area (Å²) in [6.45, 7) is 10.9. The van der Waals surface area contributed by atoms with Gasteiger partial charge in [-0.3, -0.25) is 19.1 Å². The number of methoxy groups -OCH3 is 1. The third-order valence-corrected chi connectivity index (χ3v) is 15.5. The molecule has 7 unspecified atom stereocenters. The maximum atomic E-state index is 15.0. The molecule has 1 aromatic heterocycles. The Labute approximate surface area is 339 Å². The fraction of sp³-hybridized carbons (Fsp3) is 0.605. The Kier molecular flexibility index (Phi) is 9.87. The van der Waals surface area contributed by atoms with E-state index in [1.165, 1.54) is 17.1 Å². The summed E-state index contributed by atoms with van der Waals surface area (Å²) in [7, 11) is -2.43. The number of aromatic nitrogens is 1. The molecule has 1 spiro atoms. The van der Waals surface area contributed by atoms with Gasteiger partial charge in [-0.1, -0.05) is 51.8 Å². The van der Waals surface area contributed by atoms with Crippen LogP contribution in [-0.2, 0) is 42.0 Å². The van der Waals surface area contributed by atoms with Gasteiger partial charge in [0.2, 0.25) is 21.8 Å². The summed E-state index contributed by atoms with van der Waals surface area (Å²) < 4.78 is 46.1. The van der Waals surface area contributed by atoms with Crippen LogP contribution in [0.2, 0.25) is 0 Å². The minimum absolute atomic E-state index is 0.0135. The molecule has 3 fully saturated rings. The Morgan fingerprint density at radius 1 is 1.12 bits per heavy atom. The van der Waals surface area contributed by atoms with Gasteiger partial charge in [0.05, 0.1) is 29.6 Å². The van der Waals surface area contributed by atoms with Crippen LogP contribution in [-0.4, -0.2) is 89.8 Å². The van der Waals surface area contributed by atoms with Crippen LogP contribution < -0.4 is 24.8 Å². The molecule has 3 aliphatic carbocycles. The summed E-state index contributed by atoms with van der Waals surface area (Å²) in [6, 6.07) is 3.57.